The zero-order valence-electron chi connectivity index (χ0n) is 9.72. The van der Waals surface area contributed by atoms with Gasteiger partial charge in [-0.1, -0.05) is 6.07 Å². The number of amides is 1. The lowest BCUT2D eigenvalue weighted by Gasteiger charge is -2.08. The first-order valence-electron chi connectivity index (χ1n) is 5.36. The predicted octanol–water partition coefficient (Wildman–Crippen LogP) is 2.07. The van der Waals surface area contributed by atoms with Gasteiger partial charge < -0.3 is 21.3 Å². The monoisotopic (exact) mass is 262 g/mol. The van der Waals surface area contributed by atoms with Gasteiger partial charge in [-0.05, 0) is 30.3 Å². The van der Waals surface area contributed by atoms with Crippen molar-refractivity contribution in [3.05, 3.63) is 47.8 Å². The molecule has 0 saturated heterocycles. The topological polar surface area (TPSA) is 95.6 Å². The van der Waals surface area contributed by atoms with Crippen LogP contribution in [0.4, 0.5) is 15.8 Å². The number of anilines is 2. The highest BCUT2D eigenvalue weighted by Crippen LogP contribution is 2.29. The van der Waals surface area contributed by atoms with Crippen molar-refractivity contribution >= 4 is 17.3 Å². The number of phenolic OH excluding ortho intramolecular Hbond substituents is 2. The molecular formula is C13H11FN2O3. The molecule has 0 aliphatic heterocycles. The third-order valence-electron chi connectivity index (χ3n) is 2.50. The third-order valence-corrected chi connectivity index (χ3v) is 2.50. The maximum Gasteiger partial charge on any atom is 0.259 e. The zero-order valence-corrected chi connectivity index (χ0v) is 9.72. The van der Waals surface area contributed by atoms with Crippen LogP contribution in [-0.4, -0.2) is 16.1 Å². The van der Waals surface area contributed by atoms with Crippen LogP contribution in [0.25, 0.3) is 0 Å². The van der Waals surface area contributed by atoms with Gasteiger partial charge in [0, 0.05) is 5.69 Å². The van der Waals surface area contributed by atoms with E-state index in [1.165, 1.54) is 30.3 Å². The van der Waals surface area contributed by atoms with E-state index in [4.69, 9.17) is 5.73 Å². The molecule has 0 radical (unpaired) electrons. The van der Waals surface area contributed by atoms with Crippen molar-refractivity contribution in [1.29, 1.82) is 0 Å². The summed E-state index contributed by atoms with van der Waals surface area (Å²) >= 11 is 0. The molecule has 0 aromatic heterocycles. The zero-order chi connectivity index (χ0) is 14.0. The number of nitrogens with two attached hydrogens (primary N) is 1. The Morgan fingerprint density at radius 2 is 1.95 bits per heavy atom. The number of rotatable bonds is 2. The normalized spacial score (nSPS) is 10.2. The van der Waals surface area contributed by atoms with Gasteiger partial charge in [-0.15, -0.1) is 0 Å². The molecule has 0 bridgehead atoms. The first kappa shape index (κ1) is 12.7. The Morgan fingerprint density at radius 1 is 1.21 bits per heavy atom. The number of nitrogen functional groups attached to an aromatic ring is 1. The first-order chi connectivity index (χ1) is 8.99. The Balaban J connectivity index is 2.28. The largest absolute Gasteiger partial charge is 0.504 e. The van der Waals surface area contributed by atoms with Gasteiger partial charge in [0.25, 0.3) is 5.91 Å². The second kappa shape index (κ2) is 4.85. The highest BCUT2D eigenvalue weighted by Gasteiger charge is 2.15. The van der Waals surface area contributed by atoms with Gasteiger partial charge >= 0.3 is 0 Å². The minimum atomic E-state index is -0.739. The van der Waals surface area contributed by atoms with E-state index in [0.29, 0.717) is 0 Å². The van der Waals surface area contributed by atoms with Crippen LogP contribution in [0.5, 0.6) is 11.5 Å². The minimum absolute atomic E-state index is 0.0676. The summed E-state index contributed by atoms with van der Waals surface area (Å²) in [6, 6.07) is 7.74. The summed E-state index contributed by atoms with van der Waals surface area (Å²) in [6.45, 7) is 0. The van der Waals surface area contributed by atoms with Crippen LogP contribution in [-0.2, 0) is 0 Å². The van der Waals surface area contributed by atoms with Crippen molar-refractivity contribution in [2.45, 2.75) is 0 Å². The fourth-order valence-corrected chi connectivity index (χ4v) is 1.54. The Kier molecular flexibility index (Phi) is 3.24. The third kappa shape index (κ3) is 2.57. The van der Waals surface area contributed by atoms with Crippen LogP contribution in [0.3, 0.4) is 0 Å². The van der Waals surface area contributed by atoms with Crippen molar-refractivity contribution in [2.75, 3.05) is 11.1 Å². The quantitative estimate of drug-likeness (QED) is 0.492. The lowest BCUT2D eigenvalue weighted by atomic mass is 10.1. The summed E-state index contributed by atoms with van der Waals surface area (Å²) in [6.07, 6.45) is 0. The van der Waals surface area contributed by atoms with E-state index >= 15 is 0 Å². The molecule has 0 aliphatic carbocycles. The van der Waals surface area contributed by atoms with Gasteiger partial charge in [0.1, 0.15) is 5.82 Å². The SMILES string of the molecule is Nc1ccc(NC(=O)c2cccc(O)c2O)c(F)c1. The molecule has 0 heterocycles. The molecule has 5 N–H and O–H groups in total. The molecule has 0 fully saturated rings. The summed E-state index contributed by atoms with van der Waals surface area (Å²) in [5.74, 6) is -2.41. The van der Waals surface area contributed by atoms with Crippen molar-refractivity contribution < 1.29 is 19.4 Å². The Hall–Kier alpha value is -2.76. The van der Waals surface area contributed by atoms with Crippen LogP contribution in [0.2, 0.25) is 0 Å². The molecule has 19 heavy (non-hydrogen) atoms. The fourth-order valence-electron chi connectivity index (χ4n) is 1.54. The lowest BCUT2D eigenvalue weighted by molar-refractivity contribution is 0.102. The number of aromatic hydroxyl groups is 2. The minimum Gasteiger partial charge on any atom is -0.504 e. The van der Waals surface area contributed by atoms with Gasteiger partial charge in [0.05, 0.1) is 11.3 Å². The summed E-state index contributed by atoms with van der Waals surface area (Å²) in [5.41, 5.74) is 5.40. The van der Waals surface area contributed by atoms with Crippen molar-refractivity contribution in [3.8, 4) is 11.5 Å². The number of hydrogen-bond acceptors (Lipinski definition) is 4. The van der Waals surface area contributed by atoms with Crippen molar-refractivity contribution in [3.63, 3.8) is 0 Å². The first-order valence-corrected chi connectivity index (χ1v) is 5.36. The maximum atomic E-state index is 13.5. The number of halogens is 1. The maximum absolute atomic E-state index is 13.5. The number of phenols is 2. The number of benzene rings is 2. The molecule has 0 aliphatic rings. The second-order valence-corrected chi connectivity index (χ2v) is 3.87. The molecule has 2 rings (SSSR count). The highest BCUT2D eigenvalue weighted by molar-refractivity contribution is 6.06. The number of nitrogens with one attached hydrogen (secondary N) is 1. The summed E-state index contributed by atoms with van der Waals surface area (Å²) in [4.78, 5) is 11.8. The van der Waals surface area contributed by atoms with E-state index < -0.39 is 23.2 Å². The van der Waals surface area contributed by atoms with E-state index in [1.807, 2.05) is 0 Å². The summed E-state index contributed by atoms with van der Waals surface area (Å²) in [7, 11) is 0. The standard InChI is InChI=1S/C13H11FN2O3/c14-9-6-7(15)4-5-10(9)16-13(19)8-2-1-3-11(17)12(8)18/h1-6,17-18H,15H2,(H,16,19). The molecule has 0 saturated carbocycles. The summed E-state index contributed by atoms with van der Waals surface area (Å²) in [5, 5.41) is 21.1. The second-order valence-electron chi connectivity index (χ2n) is 3.87. The number of carbonyl (C=O) groups excluding carboxylic acids is 1. The van der Waals surface area contributed by atoms with Gasteiger partial charge in [0.2, 0.25) is 0 Å². The smallest absolute Gasteiger partial charge is 0.259 e. The molecule has 98 valence electrons. The fraction of sp³-hybridized carbons (Fsp3) is 0. The Bertz CT molecular complexity index is 644. The predicted molar refractivity (Wildman–Crippen MR) is 68.5 cm³/mol. The van der Waals surface area contributed by atoms with Crippen LogP contribution in [0.1, 0.15) is 10.4 Å². The van der Waals surface area contributed by atoms with E-state index in [0.717, 1.165) is 6.07 Å². The average molecular weight is 262 g/mol. The number of hydrogen-bond donors (Lipinski definition) is 4. The molecule has 0 unspecified atom stereocenters. The van der Waals surface area contributed by atoms with E-state index in [9.17, 15) is 19.4 Å². The van der Waals surface area contributed by atoms with Crippen molar-refractivity contribution in [1.82, 2.24) is 0 Å². The lowest BCUT2D eigenvalue weighted by Crippen LogP contribution is -2.13. The average Bonchev–Trinajstić information content (AvgIpc) is 2.36. The van der Waals surface area contributed by atoms with Gasteiger partial charge in [-0.3, -0.25) is 4.79 Å². The van der Waals surface area contributed by atoms with Gasteiger partial charge in [0.15, 0.2) is 11.5 Å². The molecule has 1 amide bonds. The number of para-hydroxylation sites is 1. The molecular weight excluding hydrogens is 251 g/mol. The van der Waals surface area contributed by atoms with Crippen LogP contribution in [0.15, 0.2) is 36.4 Å². The van der Waals surface area contributed by atoms with Crippen molar-refractivity contribution in [2.24, 2.45) is 0 Å². The molecule has 6 heteroatoms. The van der Waals surface area contributed by atoms with Crippen LogP contribution >= 0.6 is 0 Å². The molecule has 0 spiro atoms. The van der Waals surface area contributed by atoms with Gasteiger partial charge in [-0.25, -0.2) is 4.39 Å². The summed E-state index contributed by atoms with van der Waals surface area (Å²) < 4.78 is 13.5. The van der Waals surface area contributed by atoms with Crippen LogP contribution < -0.4 is 11.1 Å². The Labute approximate surface area is 108 Å². The Morgan fingerprint density at radius 3 is 2.63 bits per heavy atom. The number of carbonyl (C=O) groups is 1. The molecule has 5 nitrogen and oxygen atoms in total. The highest BCUT2D eigenvalue weighted by atomic mass is 19.1. The van der Waals surface area contributed by atoms with Crippen LogP contribution in [0, 0.1) is 5.82 Å². The van der Waals surface area contributed by atoms with E-state index in [-0.39, 0.29) is 16.9 Å². The van der Waals surface area contributed by atoms with E-state index in [2.05, 4.69) is 5.32 Å². The molecule has 2 aromatic rings. The molecule has 2 aromatic carbocycles. The van der Waals surface area contributed by atoms with Gasteiger partial charge in [-0.2, -0.15) is 0 Å². The molecule has 0 atom stereocenters. The van der Waals surface area contributed by atoms with E-state index in [1.54, 1.807) is 0 Å².